The standard InChI is InChI=1S/C14H11NO2S/c15-9-11-5-1-3-7-13(11)18(17)14-8-4-2-6-12(14)10-16/h1-8,16H,10H2. The second-order valence-corrected chi connectivity index (χ2v) is 5.06. The molecule has 0 spiro atoms. The van der Waals surface area contributed by atoms with Crippen molar-refractivity contribution in [2.75, 3.05) is 0 Å². The van der Waals surface area contributed by atoms with Crippen LogP contribution in [0.2, 0.25) is 0 Å². The molecule has 0 bridgehead atoms. The Bertz CT molecular complexity index is 632. The van der Waals surface area contributed by atoms with Crippen LogP contribution in [0.4, 0.5) is 0 Å². The lowest BCUT2D eigenvalue weighted by molar-refractivity contribution is 0.278. The summed E-state index contributed by atoms with van der Waals surface area (Å²) in [5, 5.41) is 18.2. The molecule has 1 atom stereocenters. The number of aliphatic hydroxyl groups is 1. The number of aliphatic hydroxyl groups excluding tert-OH is 1. The van der Waals surface area contributed by atoms with Crippen LogP contribution in [0, 0.1) is 11.3 Å². The predicted octanol–water partition coefficient (Wildman–Crippen LogP) is 2.22. The van der Waals surface area contributed by atoms with Crippen molar-refractivity contribution in [2.45, 2.75) is 16.4 Å². The molecule has 4 heteroatoms. The van der Waals surface area contributed by atoms with Gasteiger partial charge >= 0.3 is 0 Å². The highest BCUT2D eigenvalue weighted by Crippen LogP contribution is 2.22. The number of hydrogen-bond donors (Lipinski definition) is 1. The molecule has 0 amide bonds. The molecule has 0 aromatic heterocycles. The number of rotatable bonds is 3. The molecule has 0 aliphatic carbocycles. The van der Waals surface area contributed by atoms with E-state index in [9.17, 15) is 9.32 Å². The monoisotopic (exact) mass is 257 g/mol. The van der Waals surface area contributed by atoms with Gasteiger partial charge in [0.1, 0.15) is 6.07 Å². The molecular formula is C14H11NO2S. The summed E-state index contributed by atoms with van der Waals surface area (Å²) < 4.78 is 12.5. The maximum atomic E-state index is 12.5. The second-order valence-electron chi connectivity index (χ2n) is 3.64. The lowest BCUT2D eigenvalue weighted by atomic mass is 10.2. The van der Waals surface area contributed by atoms with Crippen LogP contribution in [-0.4, -0.2) is 9.32 Å². The molecule has 90 valence electrons. The van der Waals surface area contributed by atoms with E-state index in [2.05, 4.69) is 0 Å². The van der Waals surface area contributed by atoms with Gasteiger partial charge in [0.15, 0.2) is 0 Å². The molecule has 0 radical (unpaired) electrons. The van der Waals surface area contributed by atoms with Crippen LogP contribution in [0.3, 0.4) is 0 Å². The Hall–Kier alpha value is -1.96. The molecule has 1 unspecified atom stereocenters. The summed E-state index contributed by atoms with van der Waals surface area (Å²) in [4.78, 5) is 1.02. The minimum atomic E-state index is -1.45. The number of nitrogens with zero attached hydrogens (tertiary/aromatic N) is 1. The van der Waals surface area contributed by atoms with E-state index in [0.717, 1.165) is 0 Å². The van der Waals surface area contributed by atoms with E-state index in [4.69, 9.17) is 5.26 Å². The summed E-state index contributed by atoms with van der Waals surface area (Å²) in [6, 6.07) is 15.8. The summed E-state index contributed by atoms with van der Waals surface area (Å²) in [6.07, 6.45) is 0. The number of nitriles is 1. The van der Waals surface area contributed by atoms with Gasteiger partial charge in [0, 0.05) is 4.90 Å². The van der Waals surface area contributed by atoms with E-state index in [1.54, 1.807) is 48.5 Å². The summed E-state index contributed by atoms with van der Waals surface area (Å²) in [6.45, 7) is -0.170. The fourth-order valence-corrected chi connectivity index (χ4v) is 2.98. The minimum absolute atomic E-state index is 0.170. The molecule has 1 N–H and O–H groups in total. The third-order valence-electron chi connectivity index (χ3n) is 2.55. The highest BCUT2D eigenvalue weighted by atomic mass is 32.2. The van der Waals surface area contributed by atoms with Crippen LogP contribution in [0.25, 0.3) is 0 Å². The zero-order valence-electron chi connectivity index (χ0n) is 9.54. The van der Waals surface area contributed by atoms with Crippen LogP contribution in [0.1, 0.15) is 11.1 Å². The zero-order chi connectivity index (χ0) is 13.0. The second kappa shape index (κ2) is 5.58. The third-order valence-corrected chi connectivity index (χ3v) is 4.10. The molecule has 3 nitrogen and oxygen atoms in total. The lowest BCUT2D eigenvalue weighted by Crippen LogP contribution is -2.00. The highest BCUT2D eigenvalue weighted by Gasteiger charge is 2.14. The molecule has 0 heterocycles. The van der Waals surface area contributed by atoms with Gasteiger partial charge in [-0.1, -0.05) is 30.3 Å². The maximum Gasteiger partial charge on any atom is 0.100 e. The summed E-state index contributed by atoms with van der Waals surface area (Å²) in [5.74, 6) is 0. The van der Waals surface area contributed by atoms with Crippen molar-refractivity contribution in [3.8, 4) is 6.07 Å². The number of benzene rings is 2. The minimum Gasteiger partial charge on any atom is -0.392 e. The Labute approximate surface area is 108 Å². The van der Waals surface area contributed by atoms with E-state index in [1.807, 2.05) is 6.07 Å². The van der Waals surface area contributed by atoms with Gasteiger partial charge in [-0.05, 0) is 23.8 Å². The van der Waals surface area contributed by atoms with Gasteiger partial charge in [-0.15, -0.1) is 0 Å². The van der Waals surface area contributed by atoms with Crippen LogP contribution in [0.5, 0.6) is 0 Å². The van der Waals surface area contributed by atoms with E-state index >= 15 is 0 Å². The van der Waals surface area contributed by atoms with Gasteiger partial charge in [-0.2, -0.15) is 5.26 Å². The smallest absolute Gasteiger partial charge is 0.100 e. The molecular weight excluding hydrogens is 246 g/mol. The average molecular weight is 257 g/mol. The lowest BCUT2D eigenvalue weighted by Gasteiger charge is -2.08. The van der Waals surface area contributed by atoms with Crippen molar-refractivity contribution in [3.05, 3.63) is 59.7 Å². The van der Waals surface area contributed by atoms with Crippen molar-refractivity contribution >= 4 is 10.8 Å². The zero-order valence-corrected chi connectivity index (χ0v) is 10.4. The third kappa shape index (κ3) is 2.33. The first-order chi connectivity index (χ1) is 8.77. The molecule has 2 aromatic rings. The fourth-order valence-electron chi connectivity index (χ4n) is 1.65. The van der Waals surface area contributed by atoms with Gasteiger partial charge in [0.2, 0.25) is 0 Å². The van der Waals surface area contributed by atoms with Crippen molar-refractivity contribution in [1.82, 2.24) is 0 Å². The number of hydrogen-bond acceptors (Lipinski definition) is 3. The van der Waals surface area contributed by atoms with Gasteiger partial charge in [0.25, 0.3) is 0 Å². The highest BCUT2D eigenvalue weighted by molar-refractivity contribution is 7.85. The van der Waals surface area contributed by atoms with Crippen molar-refractivity contribution in [1.29, 1.82) is 5.26 Å². The van der Waals surface area contributed by atoms with E-state index in [1.165, 1.54) is 0 Å². The molecule has 2 aromatic carbocycles. The average Bonchev–Trinajstić information content (AvgIpc) is 2.46. The molecule has 0 fully saturated rings. The van der Waals surface area contributed by atoms with Crippen LogP contribution < -0.4 is 0 Å². The van der Waals surface area contributed by atoms with Gasteiger partial charge in [0.05, 0.1) is 27.9 Å². The Morgan fingerprint density at radius 3 is 2.33 bits per heavy atom. The molecule has 0 saturated carbocycles. The molecule has 0 saturated heterocycles. The molecule has 0 aliphatic heterocycles. The first-order valence-corrected chi connectivity index (χ1v) is 6.52. The van der Waals surface area contributed by atoms with Crippen LogP contribution in [-0.2, 0) is 17.4 Å². The Balaban J connectivity index is 2.52. The predicted molar refractivity (Wildman–Crippen MR) is 68.2 cm³/mol. The molecule has 2 rings (SSSR count). The van der Waals surface area contributed by atoms with E-state index < -0.39 is 10.8 Å². The van der Waals surface area contributed by atoms with Crippen molar-refractivity contribution in [3.63, 3.8) is 0 Å². The topological polar surface area (TPSA) is 61.1 Å². The van der Waals surface area contributed by atoms with Crippen LogP contribution >= 0.6 is 0 Å². The SMILES string of the molecule is N#Cc1ccccc1S(=O)c1ccccc1CO. The quantitative estimate of drug-likeness (QED) is 0.917. The van der Waals surface area contributed by atoms with Crippen LogP contribution in [0.15, 0.2) is 58.3 Å². The fraction of sp³-hybridized carbons (Fsp3) is 0.0714. The van der Waals surface area contributed by atoms with Crippen molar-refractivity contribution in [2.24, 2.45) is 0 Å². The first-order valence-electron chi connectivity index (χ1n) is 5.37. The Kier molecular flexibility index (Phi) is 3.88. The summed E-state index contributed by atoms with van der Waals surface area (Å²) in [5.41, 5.74) is 1.01. The van der Waals surface area contributed by atoms with Gasteiger partial charge in [-0.3, -0.25) is 0 Å². The van der Waals surface area contributed by atoms with Gasteiger partial charge < -0.3 is 5.11 Å². The normalized spacial score (nSPS) is 11.8. The summed E-state index contributed by atoms with van der Waals surface area (Å²) in [7, 11) is -1.45. The summed E-state index contributed by atoms with van der Waals surface area (Å²) >= 11 is 0. The molecule has 18 heavy (non-hydrogen) atoms. The van der Waals surface area contributed by atoms with Crippen molar-refractivity contribution < 1.29 is 9.32 Å². The largest absolute Gasteiger partial charge is 0.392 e. The van der Waals surface area contributed by atoms with E-state index in [-0.39, 0.29) is 6.61 Å². The maximum absolute atomic E-state index is 12.5. The van der Waals surface area contributed by atoms with E-state index in [0.29, 0.717) is 20.9 Å². The first kappa shape index (κ1) is 12.5. The van der Waals surface area contributed by atoms with Gasteiger partial charge in [-0.25, -0.2) is 4.21 Å². The molecule has 0 aliphatic rings. The Morgan fingerprint density at radius 2 is 1.67 bits per heavy atom. The Morgan fingerprint density at radius 1 is 1.06 bits per heavy atom.